The molecule has 0 saturated carbocycles. The van der Waals surface area contributed by atoms with Gasteiger partial charge in [-0.05, 0) is 43.0 Å². The highest BCUT2D eigenvalue weighted by Crippen LogP contribution is 2.17. The molecule has 29 heavy (non-hydrogen) atoms. The molecule has 0 atom stereocenters. The Morgan fingerprint density at radius 3 is 2.41 bits per heavy atom. The molecule has 1 aromatic heterocycles. The highest BCUT2D eigenvalue weighted by molar-refractivity contribution is 5.94. The third kappa shape index (κ3) is 4.54. The van der Waals surface area contributed by atoms with Crippen LogP contribution in [0.3, 0.4) is 0 Å². The lowest BCUT2D eigenvalue weighted by atomic mass is 10.1. The molecule has 0 spiro atoms. The van der Waals surface area contributed by atoms with E-state index in [-0.39, 0.29) is 11.8 Å². The van der Waals surface area contributed by atoms with Crippen LogP contribution in [0.5, 0.6) is 0 Å². The Morgan fingerprint density at radius 2 is 1.69 bits per heavy atom. The maximum absolute atomic E-state index is 12.5. The number of rotatable bonds is 5. The Balaban J connectivity index is 1.34. The second-order valence-corrected chi connectivity index (χ2v) is 7.27. The van der Waals surface area contributed by atoms with Gasteiger partial charge < -0.3 is 10.2 Å². The van der Waals surface area contributed by atoms with Gasteiger partial charge in [-0.1, -0.05) is 42.5 Å². The van der Waals surface area contributed by atoms with Crippen LogP contribution in [0.4, 0.5) is 0 Å². The third-order valence-electron chi connectivity index (χ3n) is 5.19. The van der Waals surface area contributed by atoms with Crippen LogP contribution >= 0.6 is 0 Å². The van der Waals surface area contributed by atoms with Crippen molar-refractivity contribution in [3.8, 4) is 11.3 Å². The van der Waals surface area contributed by atoms with E-state index in [4.69, 9.17) is 0 Å². The molecule has 6 heteroatoms. The molecule has 1 aliphatic heterocycles. The van der Waals surface area contributed by atoms with Crippen molar-refractivity contribution >= 4 is 11.8 Å². The normalized spacial score (nSPS) is 13.9. The van der Waals surface area contributed by atoms with Crippen molar-refractivity contribution < 1.29 is 9.59 Å². The van der Waals surface area contributed by atoms with E-state index in [1.165, 1.54) is 6.42 Å². The van der Waals surface area contributed by atoms with Gasteiger partial charge in [0.25, 0.3) is 11.8 Å². The summed E-state index contributed by atoms with van der Waals surface area (Å²) in [4.78, 5) is 26.8. The minimum Gasteiger partial charge on any atom is -0.347 e. The monoisotopic (exact) mass is 388 g/mol. The molecule has 2 amide bonds. The van der Waals surface area contributed by atoms with E-state index in [2.05, 4.69) is 15.5 Å². The fraction of sp³-hybridized carbons (Fsp3) is 0.261. The molecule has 1 saturated heterocycles. The second kappa shape index (κ2) is 8.73. The number of H-pyrrole nitrogens is 1. The Hall–Kier alpha value is -3.41. The summed E-state index contributed by atoms with van der Waals surface area (Å²) in [7, 11) is 0. The Kier molecular flexibility index (Phi) is 5.70. The van der Waals surface area contributed by atoms with E-state index < -0.39 is 0 Å². The van der Waals surface area contributed by atoms with Gasteiger partial charge in [0.15, 0.2) is 0 Å². The minimum absolute atomic E-state index is 0.0891. The molecule has 2 aromatic carbocycles. The Labute approximate surface area is 169 Å². The van der Waals surface area contributed by atoms with Gasteiger partial charge >= 0.3 is 0 Å². The van der Waals surface area contributed by atoms with Gasteiger partial charge in [0, 0.05) is 30.8 Å². The lowest BCUT2D eigenvalue weighted by molar-refractivity contribution is 0.0724. The van der Waals surface area contributed by atoms with Crippen LogP contribution in [-0.4, -0.2) is 40.0 Å². The van der Waals surface area contributed by atoms with Crippen molar-refractivity contribution in [1.29, 1.82) is 0 Å². The SMILES string of the molecule is O=C(NCc1ccc(C(=O)N2CCCCC2)cc1)c1cc(-c2ccccc2)n[nH]1. The molecular weight excluding hydrogens is 364 g/mol. The molecule has 148 valence electrons. The van der Waals surface area contributed by atoms with Gasteiger partial charge in [-0.2, -0.15) is 5.10 Å². The number of nitrogens with one attached hydrogen (secondary N) is 2. The summed E-state index contributed by atoms with van der Waals surface area (Å²) in [6.07, 6.45) is 3.36. The number of hydrogen-bond acceptors (Lipinski definition) is 3. The largest absolute Gasteiger partial charge is 0.347 e. The average molecular weight is 388 g/mol. The zero-order chi connectivity index (χ0) is 20.1. The van der Waals surface area contributed by atoms with E-state index in [1.54, 1.807) is 6.07 Å². The van der Waals surface area contributed by atoms with Crippen molar-refractivity contribution in [1.82, 2.24) is 20.4 Å². The molecule has 2 heterocycles. The van der Waals surface area contributed by atoms with Crippen LogP contribution in [0.25, 0.3) is 11.3 Å². The summed E-state index contributed by atoms with van der Waals surface area (Å²) in [6.45, 7) is 2.06. The van der Waals surface area contributed by atoms with Gasteiger partial charge in [-0.15, -0.1) is 0 Å². The first-order valence-electron chi connectivity index (χ1n) is 9.98. The number of hydrogen-bond donors (Lipinski definition) is 2. The van der Waals surface area contributed by atoms with Crippen molar-refractivity contribution in [2.24, 2.45) is 0 Å². The van der Waals surface area contributed by atoms with Gasteiger partial charge in [-0.3, -0.25) is 14.7 Å². The summed E-state index contributed by atoms with van der Waals surface area (Å²) >= 11 is 0. The van der Waals surface area contributed by atoms with Gasteiger partial charge in [0.05, 0.1) is 5.69 Å². The molecule has 2 N–H and O–H groups in total. The summed E-state index contributed by atoms with van der Waals surface area (Å²) in [5, 5.41) is 9.88. The number of aromatic amines is 1. The standard InChI is InChI=1S/C23H24N4O2/c28-22(21-15-20(25-26-21)18-7-3-1-4-8-18)24-16-17-9-11-19(12-10-17)23(29)27-13-5-2-6-14-27/h1,3-4,7-12,15H,2,5-6,13-14,16H2,(H,24,28)(H,25,26). The number of likely N-dealkylation sites (tertiary alicyclic amines) is 1. The predicted molar refractivity (Wildman–Crippen MR) is 111 cm³/mol. The van der Waals surface area contributed by atoms with Crippen molar-refractivity contribution in [2.45, 2.75) is 25.8 Å². The summed E-state index contributed by atoms with van der Waals surface area (Å²) in [6, 6.07) is 18.9. The lowest BCUT2D eigenvalue weighted by Crippen LogP contribution is -2.35. The highest BCUT2D eigenvalue weighted by Gasteiger charge is 2.18. The maximum Gasteiger partial charge on any atom is 0.269 e. The molecule has 6 nitrogen and oxygen atoms in total. The number of amides is 2. The summed E-state index contributed by atoms with van der Waals surface area (Å²) < 4.78 is 0. The number of nitrogens with zero attached hydrogens (tertiary/aromatic N) is 2. The van der Waals surface area contributed by atoms with Gasteiger partial charge in [0.2, 0.25) is 0 Å². The third-order valence-corrected chi connectivity index (χ3v) is 5.19. The topological polar surface area (TPSA) is 78.1 Å². The number of carbonyl (C=O) groups excluding carboxylic acids is 2. The fourth-order valence-electron chi connectivity index (χ4n) is 3.52. The smallest absolute Gasteiger partial charge is 0.269 e. The van der Waals surface area contributed by atoms with E-state index in [0.717, 1.165) is 42.8 Å². The molecule has 0 aliphatic carbocycles. The highest BCUT2D eigenvalue weighted by atomic mass is 16.2. The van der Waals surface area contributed by atoms with Crippen LogP contribution in [0.1, 0.15) is 45.7 Å². The number of piperidine rings is 1. The molecule has 1 aliphatic rings. The molecule has 4 rings (SSSR count). The fourth-order valence-corrected chi connectivity index (χ4v) is 3.52. The van der Waals surface area contributed by atoms with Crippen LogP contribution in [0.2, 0.25) is 0 Å². The number of carbonyl (C=O) groups is 2. The van der Waals surface area contributed by atoms with Crippen molar-refractivity contribution in [3.05, 3.63) is 77.5 Å². The van der Waals surface area contributed by atoms with Crippen LogP contribution in [-0.2, 0) is 6.54 Å². The molecule has 1 fully saturated rings. The second-order valence-electron chi connectivity index (χ2n) is 7.27. The summed E-state index contributed by atoms with van der Waals surface area (Å²) in [5.41, 5.74) is 3.74. The molecule has 3 aromatic rings. The van der Waals surface area contributed by atoms with Crippen LogP contribution < -0.4 is 5.32 Å². The van der Waals surface area contributed by atoms with Crippen molar-refractivity contribution in [2.75, 3.05) is 13.1 Å². The Morgan fingerprint density at radius 1 is 0.966 bits per heavy atom. The lowest BCUT2D eigenvalue weighted by Gasteiger charge is -2.26. The van der Waals surface area contributed by atoms with Gasteiger partial charge in [0.1, 0.15) is 5.69 Å². The number of benzene rings is 2. The van der Waals surface area contributed by atoms with Crippen molar-refractivity contribution in [3.63, 3.8) is 0 Å². The minimum atomic E-state index is -0.215. The first kappa shape index (κ1) is 18.9. The first-order valence-corrected chi connectivity index (χ1v) is 9.98. The van der Waals surface area contributed by atoms with E-state index in [9.17, 15) is 9.59 Å². The molecule has 0 bridgehead atoms. The zero-order valence-electron chi connectivity index (χ0n) is 16.2. The summed E-state index contributed by atoms with van der Waals surface area (Å²) in [5.74, 6) is -0.126. The van der Waals surface area contributed by atoms with E-state index in [0.29, 0.717) is 17.8 Å². The average Bonchev–Trinajstić information content (AvgIpc) is 3.29. The van der Waals surface area contributed by atoms with E-state index in [1.807, 2.05) is 59.5 Å². The van der Waals surface area contributed by atoms with Crippen LogP contribution in [0.15, 0.2) is 60.7 Å². The Bertz CT molecular complexity index is 974. The quantitative estimate of drug-likeness (QED) is 0.701. The van der Waals surface area contributed by atoms with E-state index >= 15 is 0 Å². The predicted octanol–water partition coefficient (Wildman–Crippen LogP) is 3.63. The first-order chi connectivity index (χ1) is 14.2. The van der Waals surface area contributed by atoms with Gasteiger partial charge in [-0.25, -0.2) is 0 Å². The maximum atomic E-state index is 12.5. The zero-order valence-corrected chi connectivity index (χ0v) is 16.2. The molecular formula is C23H24N4O2. The molecule has 0 unspecified atom stereocenters. The molecule has 0 radical (unpaired) electrons. The van der Waals surface area contributed by atoms with Crippen LogP contribution in [0, 0.1) is 0 Å². The number of aromatic nitrogens is 2.